The Labute approximate surface area is 164 Å². The number of methoxy groups -OCH3 is 1. The highest BCUT2D eigenvalue weighted by Gasteiger charge is 2.34. The number of nitrogens with one attached hydrogen (secondary N) is 1. The molecule has 5 nitrogen and oxygen atoms in total. The van der Waals surface area contributed by atoms with Gasteiger partial charge in [-0.1, -0.05) is 27.3 Å². The van der Waals surface area contributed by atoms with Crippen LogP contribution in [0.5, 0.6) is 5.75 Å². The van der Waals surface area contributed by atoms with Gasteiger partial charge in [0.2, 0.25) is 5.91 Å². The summed E-state index contributed by atoms with van der Waals surface area (Å²) in [5, 5.41) is 3.96. The van der Waals surface area contributed by atoms with Gasteiger partial charge in [-0.15, -0.1) is 0 Å². The van der Waals surface area contributed by atoms with Gasteiger partial charge in [-0.3, -0.25) is 4.79 Å². The molecule has 1 fully saturated rings. The predicted octanol–water partition coefficient (Wildman–Crippen LogP) is 4.45. The molecule has 0 atom stereocenters. The van der Waals surface area contributed by atoms with E-state index in [1.54, 1.807) is 18.4 Å². The number of amides is 1. The number of aromatic nitrogens is 1. The second-order valence-corrected chi connectivity index (χ2v) is 8.25. The van der Waals surface area contributed by atoms with Crippen LogP contribution >= 0.6 is 27.3 Å². The monoisotopic (exact) mass is 431 g/mol. The third-order valence-electron chi connectivity index (χ3n) is 4.53. The van der Waals surface area contributed by atoms with E-state index in [-0.39, 0.29) is 11.8 Å². The molecule has 0 radical (unpaired) electrons. The van der Waals surface area contributed by atoms with E-state index in [1.165, 1.54) is 0 Å². The normalized spacial score (nSPS) is 14.3. The molecule has 4 rings (SSSR count). The van der Waals surface area contributed by atoms with Crippen molar-refractivity contribution in [2.75, 3.05) is 30.4 Å². The van der Waals surface area contributed by atoms with Gasteiger partial charge >= 0.3 is 0 Å². The molecule has 0 saturated carbocycles. The van der Waals surface area contributed by atoms with E-state index in [2.05, 4.69) is 31.1 Å². The predicted molar refractivity (Wildman–Crippen MR) is 109 cm³/mol. The standard InChI is InChI=1S/C19H18BrN3O2S/c1-11-7-13(3-5-15(11)20)21-18(24)12-9-23(10-12)19-22-16-6-4-14(25-2)8-17(16)26-19/h3-8,12H,9-10H2,1-2H3,(H,21,24). The fourth-order valence-corrected chi connectivity index (χ4v) is 4.18. The smallest absolute Gasteiger partial charge is 0.231 e. The Morgan fingerprint density at radius 2 is 2.12 bits per heavy atom. The van der Waals surface area contributed by atoms with Crippen LogP contribution in [0.1, 0.15) is 5.56 Å². The number of aryl methyl sites for hydroxylation is 1. The largest absolute Gasteiger partial charge is 0.497 e. The van der Waals surface area contributed by atoms with Gasteiger partial charge in [0.25, 0.3) is 0 Å². The number of thiazole rings is 1. The SMILES string of the molecule is COc1ccc2nc(N3CC(C(=O)Nc4ccc(Br)c(C)c4)C3)sc2c1. The van der Waals surface area contributed by atoms with Crippen LogP contribution in [0.25, 0.3) is 10.2 Å². The number of halogens is 1. The topological polar surface area (TPSA) is 54.5 Å². The Hall–Kier alpha value is -2.12. The summed E-state index contributed by atoms with van der Waals surface area (Å²) in [4.78, 5) is 19.2. The lowest BCUT2D eigenvalue weighted by molar-refractivity contribution is -0.120. The molecule has 1 aliphatic rings. The number of nitrogens with zero attached hydrogens (tertiary/aromatic N) is 2. The fourth-order valence-electron chi connectivity index (χ4n) is 2.92. The molecule has 2 heterocycles. The van der Waals surface area contributed by atoms with Crippen molar-refractivity contribution < 1.29 is 9.53 Å². The lowest BCUT2D eigenvalue weighted by Crippen LogP contribution is -2.52. The number of benzene rings is 2. The van der Waals surface area contributed by atoms with E-state index >= 15 is 0 Å². The minimum absolute atomic E-state index is 0.0134. The van der Waals surface area contributed by atoms with Crippen molar-refractivity contribution in [3.05, 3.63) is 46.4 Å². The number of rotatable bonds is 4. The molecule has 0 bridgehead atoms. The highest BCUT2D eigenvalue weighted by Crippen LogP contribution is 2.35. The highest BCUT2D eigenvalue weighted by atomic mass is 79.9. The summed E-state index contributed by atoms with van der Waals surface area (Å²) in [5.41, 5.74) is 2.90. The van der Waals surface area contributed by atoms with Gasteiger partial charge < -0.3 is 15.0 Å². The Balaban J connectivity index is 1.40. The molecule has 1 N–H and O–H groups in total. The third-order valence-corrected chi connectivity index (χ3v) is 6.50. The molecule has 26 heavy (non-hydrogen) atoms. The maximum absolute atomic E-state index is 12.4. The third kappa shape index (κ3) is 3.29. The summed E-state index contributed by atoms with van der Waals surface area (Å²) >= 11 is 5.10. The zero-order valence-electron chi connectivity index (χ0n) is 14.5. The zero-order chi connectivity index (χ0) is 18.3. The fraction of sp³-hybridized carbons (Fsp3) is 0.263. The Bertz CT molecular complexity index is 982. The molecule has 1 saturated heterocycles. The lowest BCUT2D eigenvalue weighted by atomic mass is 10.00. The summed E-state index contributed by atoms with van der Waals surface area (Å²) < 4.78 is 7.40. The minimum Gasteiger partial charge on any atom is -0.497 e. The number of carbonyl (C=O) groups is 1. The first-order valence-electron chi connectivity index (χ1n) is 8.30. The molecule has 1 amide bonds. The van der Waals surface area contributed by atoms with Crippen molar-refractivity contribution in [1.29, 1.82) is 0 Å². The van der Waals surface area contributed by atoms with Gasteiger partial charge in [-0.25, -0.2) is 4.98 Å². The molecule has 0 spiro atoms. The van der Waals surface area contributed by atoms with Crippen LogP contribution in [-0.4, -0.2) is 31.1 Å². The zero-order valence-corrected chi connectivity index (χ0v) is 16.9. The molecular weight excluding hydrogens is 414 g/mol. The number of hydrogen-bond donors (Lipinski definition) is 1. The quantitative estimate of drug-likeness (QED) is 0.662. The maximum Gasteiger partial charge on any atom is 0.231 e. The maximum atomic E-state index is 12.4. The molecule has 1 aliphatic heterocycles. The van der Waals surface area contributed by atoms with Crippen LogP contribution in [0.15, 0.2) is 40.9 Å². The highest BCUT2D eigenvalue weighted by molar-refractivity contribution is 9.10. The van der Waals surface area contributed by atoms with E-state index in [1.807, 2.05) is 43.3 Å². The van der Waals surface area contributed by atoms with E-state index in [4.69, 9.17) is 4.74 Å². The number of hydrogen-bond acceptors (Lipinski definition) is 5. The van der Waals surface area contributed by atoms with E-state index in [9.17, 15) is 4.79 Å². The minimum atomic E-state index is -0.0134. The van der Waals surface area contributed by atoms with Crippen molar-refractivity contribution in [3.8, 4) is 5.75 Å². The average molecular weight is 432 g/mol. The van der Waals surface area contributed by atoms with Crippen molar-refractivity contribution in [2.24, 2.45) is 5.92 Å². The molecule has 0 aliphatic carbocycles. The van der Waals surface area contributed by atoms with E-state index < -0.39 is 0 Å². The van der Waals surface area contributed by atoms with Gasteiger partial charge in [-0.05, 0) is 48.9 Å². The van der Waals surface area contributed by atoms with Crippen molar-refractivity contribution in [1.82, 2.24) is 4.98 Å². The molecule has 3 aromatic rings. The number of fused-ring (bicyclic) bond motifs is 1. The molecular formula is C19H18BrN3O2S. The van der Waals surface area contributed by atoms with Crippen LogP contribution in [0, 0.1) is 12.8 Å². The Morgan fingerprint density at radius 3 is 2.85 bits per heavy atom. The second-order valence-electron chi connectivity index (χ2n) is 6.39. The van der Waals surface area contributed by atoms with Crippen LogP contribution in [0.2, 0.25) is 0 Å². The second kappa shape index (κ2) is 6.89. The van der Waals surface area contributed by atoms with Crippen molar-refractivity contribution in [3.63, 3.8) is 0 Å². The van der Waals surface area contributed by atoms with Gasteiger partial charge in [0.1, 0.15) is 5.75 Å². The van der Waals surface area contributed by atoms with Gasteiger partial charge in [0.05, 0.1) is 23.2 Å². The van der Waals surface area contributed by atoms with Gasteiger partial charge in [0, 0.05) is 23.2 Å². The Kier molecular flexibility index (Phi) is 4.58. The summed E-state index contributed by atoms with van der Waals surface area (Å²) in [6.45, 7) is 3.39. The molecule has 2 aromatic carbocycles. The van der Waals surface area contributed by atoms with Crippen molar-refractivity contribution in [2.45, 2.75) is 6.92 Å². The summed E-state index contributed by atoms with van der Waals surface area (Å²) in [5.74, 6) is 0.879. The summed E-state index contributed by atoms with van der Waals surface area (Å²) in [6.07, 6.45) is 0. The molecule has 1 aromatic heterocycles. The lowest BCUT2D eigenvalue weighted by Gasteiger charge is -2.37. The average Bonchev–Trinajstić information content (AvgIpc) is 2.99. The molecule has 0 unspecified atom stereocenters. The molecule has 134 valence electrons. The first kappa shape index (κ1) is 17.3. The van der Waals surface area contributed by atoms with Crippen LogP contribution in [-0.2, 0) is 4.79 Å². The van der Waals surface area contributed by atoms with E-state index in [0.717, 1.165) is 36.8 Å². The number of anilines is 2. The van der Waals surface area contributed by atoms with Gasteiger partial charge in [0.15, 0.2) is 5.13 Å². The van der Waals surface area contributed by atoms with Crippen molar-refractivity contribution >= 4 is 54.2 Å². The summed E-state index contributed by atoms with van der Waals surface area (Å²) in [6, 6.07) is 11.7. The van der Waals surface area contributed by atoms with Crippen LogP contribution < -0.4 is 15.0 Å². The Morgan fingerprint density at radius 1 is 1.31 bits per heavy atom. The first-order chi connectivity index (χ1) is 12.5. The van der Waals surface area contributed by atoms with Crippen LogP contribution in [0.4, 0.5) is 10.8 Å². The van der Waals surface area contributed by atoms with Gasteiger partial charge in [-0.2, -0.15) is 0 Å². The summed E-state index contributed by atoms with van der Waals surface area (Å²) in [7, 11) is 1.66. The number of carbonyl (C=O) groups excluding carboxylic acids is 1. The first-order valence-corrected chi connectivity index (χ1v) is 9.91. The van der Waals surface area contributed by atoms with Crippen LogP contribution in [0.3, 0.4) is 0 Å². The van der Waals surface area contributed by atoms with E-state index in [0.29, 0.717) is 13.1 Å². The number of ether oxygens (including phenoxy) is 1. The molecule has 7 heteroatoms.